The number of nitrogens with one attached hydrogen (secondary N) is 1. The third-order valence-electron chi connectivity index (χ3n) is 5.70. The maximum atomic E-state index is 12.6. The molecule has 1 atom stereocenters. The van der Waals surface area contributed by atoms with E-state index in [-0.39, 0.29) is 12.4 Å². The van der Waals surface area contributed by atoms with Crippen LogP contribution in [0.15, 0.2) is 83.4 Å². The highest BCUT2D eigenvalue weighted by Crippen LogP contribution is 2.33. The predicted octanol–water partition coefficient (Wildman–Crippen LogP) is 6.73. The highest BCUT2D eigenvalue weighted by molar-refractivity contribution is 5.91. The Balaban J connectivity index is 1.48. The standard InChI is InChI=1S/C29H28N2O5/c1-4-34-26(32)18-21-9-8-12-25(17-21)23-13-15-24(16-14-23)28-27(19(2)31-36-28)30-29(33)35-20(3)22-10-6-5-7-11-22/h5-17,20H,4,18H2,1-3H3,(H,30,33). The van der Waals surface area contributed by atoms with E-state index in [1.807, 2.05) is 85.8 Å². The number of esters is 1. The van der Waals surface area contributed by atoms with E-state index in [2.05, 4.69) is 10.5 Å². The van der Waals surface area contributed by atoms with Crippen LogP contribution in [0.4, 0.5) is 10.5 Å². The van der Waals surface area contributed by atoms with Gasteiger partial charge in [0.15, 0.2) is 5.76 Å². The van der Waals surface area contributed by atoms with Gasteiger partial charge in [0.2, 0.25) is 0 Å². The summed E-state index contributed by atoms with van der Waals surface area (Å²) in [5, 5.41) is 6.81. The van der Waals surface area contributed by atoms with Gasteiger partial charge >= 0.3 is 12.1 Å². The Labute approximate surface area is 210 Å². The zero-order chi connectivity index (χ0) is 25.5. The smallest absolute Gasteiger partial charge is 0.412 e. The van der Waals surface area contributed by atoms with Crippen molar-refractivity contribution in [2.24, 2.45) is 0 Å². The van der Waals surface area contributed by atoms with Crippen LogP contribution in [0.2, 0.25) is 0 Å². The zero-order valence-electron chi connectivity index (χ0n) is 20.5. The highest BCUT2D eigenvalue weighted by atomic mass is 16.6. The number of amides is 1. The Bertz CT molecular complexity index is 1330. The van der Waals surface area contributed by atoms with Gasteiger partial charge in [0.05, 0.1) is 13.0 Å². The monoisotopic (exact) mass is 484 g/mol. The molecule has 0 aliphatic heterocycles. The van der Waals surface area contributed by atoms with Crippen molar-refractivity contribution in [2.45, 2.75) is 33.3 Å². The molecule has 0 saturated carbocycles. The van der Waals surface area contributed by atoms with Gasteiger partial charge in [-0.1, -0.05) is 84.0 Å². The average molecular weight is 485 g/mol. The number of carbonyl (C=O) groups is 2. The van der Waals surface area contributed by atoms with Crippen LogP contribution in [0.3, 0.4) is 0 Å². The van der Waals surface area contributed by atoms with Crippen molar-refractivity contribution in [1.82, 2.24) is 5.16 Å². The van der Waals surface area contributed by atoms with Gasteiger partial charge in [0.25, 0.3) is 0 Å². The first kappa shape index (κ1) is 24.7. The Morgan fingerprint density at radius 1 is 0.944 bits per heavy atom. The SMILES string of the molecule is CCOC(=O)Cc1cccc(-c2ccc(-c3onc(C)c3NC(=O)OC(C)c3ccccc3)cc2)c1. The summed E-state index contributed by atoms with van der Waals surface area (Å²) < 4.78 is 16.1. The number of aromatic nitrogens is 1. The van der Waals surface area contributed by atoms with Gasteiger partial charge in [-0.05, 0) is 43.0 Å². The maximum absolute atomic E-state index is 12.6. The molecular weight excluding hydrogens is 456 g/mol. The second-order valence-corrected chi connectivity index (χ2v) is 8.31. The molecule has 0 aliphatic rings. The molecule has 1 heterocycles. The minimum absolute atomic E-state index is 0.227. The van der Waals surface area contributed by atoms with Crippen molar-refractivity contribution < 1.29 is 23.6 Å². The molecule has 7 nitrogen and oxygen atoms in total. The maximum Gasteiger partial charge on any atom is 0.412 e. The number of hydrogen-bond donors (Lipinski definition) is 1. The van der Waals surface area contributed by atoms with Crippen LogP contribution in [0, 0.1) is 6.92 Å². The second kappa shape index (κ2) is 11.4. The van der Waals surface area contributed by atoms with Crippen LogP contribution < -0.4 is 5.32 Å². The first-order chi connectivity index (χ1) is 17.4. The van der Waals surface area contributed by atoms with E-state index in [9.17, 15) is 9.59 Å². The number of carbonyl (C=O) groups excluding carboxylic acids is 2. The fraction of sp³-hybridized carbons (Fsp3) is 0.207. The number of rotatable bonds is 8. The third-order valence-corrected chi connectivity index (χ3v) is 5.70. The average Bonchev–Trinajstić information content (AvgIpc) is 3.24. The van der Waals surface area contributed by atoms with Gasteiger partial charge in [-0.15, -0.1) is 0 Å². The highest BCUT2D eigenvalue weighted by Gasteiger charge is 2.20. The molecule has 1 aromatic heterocycles. The van der Waals surface area contributed by atoms with E-state index in [4.69, 9.17) is 14.0 Å². The Morgan fingerprint density at radius 2 is 1.67 bits per heavy atom. The van der Waals surface area contributed by atoms with E-state index >= 15 is 0 Å². The van der Waals surface area contributed by atoms with E-state index < -0.39 is 12.2 Å². The summed E-state index contributed by atoms with van der Waals surface area (Å²) in [5.74, 6) is 0.196. The van der Waals surface area contributed by atoms with E-state index in [0.29, 0.717) is 23.7 Å². The molecule has 4 aromatic rings. The molecule has 1 N–H and O–H groups in total. The molecule has 1 unspecified atom stereocenters. The largest absolute Gasteiger partial charge is 0.466 e. The van der Waals surface area contributed by atoms with E-state index in [1.165, 1.54) is 0 Å². The summed E-state index contributed by atoms with van der Waals surface area (Å²) in [6.45, 7) is 5.73. The first-order valence-electron chi connectivity index (χ1n) is 11.8. The van der Waals surface area contributed by atoms with Crippen molar-refractivity contribution >= 4 is 17.7 Å². The topological polar surface area (TPSA) is 90.7 Å². The normalized spacial score (nSPS) is 11.5. The van der Waals surface area contributed by atoms with Gasteiger partial charge < -0.3 is 14.0 Å². The number of benzene rings is 3. The molecule has 3 aromatic carbocycles. The third kappa shape index (κ3) is 5.99. The van der Waals surface area contributed by atoms with Crippen LogP contribution in [0.1, 0.15) is 36.8 Å². The van der Waals surface area contributed by atoms with Gasteiger partial charge in [-0.25, -0.2) is 4.79 Å². The summed E-state index contributed by atoms with van der Waals surface area (Å²) in [6, 6.07) is 25.0. The van der Waals surface area contributed by atoms with Gasteiger partial charge in [0, 0.05) is 5.56 Å². The summed E-state index contributed by atoms with van der Waals surface area (Å²) in [4.78, 5) is 24.4. The Hall–Kier alpha value is -4.39. The molecule has 0 bridgehead atoms. The molecule has 0 saturated heterocycles. The summed E-state index contributed by atoms with van der Waals surface area (Å²) in [5.41, 5.74) is 5.51. The van der Waals surface area contributed by atoms with E-state index in [0.717, 1.165) is 27.8 Å². The number of aryl methyl sites for hydroxylation is 1. The zero-order valence-corrected chi connectivity index (χ0v) is 20.5. The van der Waals surface area contributed by atoms with Crippen LogP contribution in [0.5, 0.6) is 0 Å². The molecule has 0 spiro atoms. The lowest BCUT2D eigenvalue weighted by Crippen LogP contribution is -2.16. The minimum atomic E-state index is -0.589. The molecule has 0 fully saturated rings. The van der Waals surface area contributed by atoms with Crippen molar-refractivity contribution in [3.05, 3.63) is 95.7 Å². The van der Waals surface area contributed by atoms with E-state index in [1.54, 1.807) is 13.8 Å². The van der Waals surface area contributed by atoms with Crippen LogP contribution in [0.25, 0.3) is 22.5 Å². The predicted molar refractivity (Wildman–Crippen MR) is 137 cm³/mol. The van der Waals surface area contributed by atoms with Gasteiger partial charge in [0.1, 0.15) is 17.5 Å². The molecule has 1 amide bonds. The van der Waals surface area contributed by atoms with Gasteiger partial charge in [-0.2, -0.15) is 0 Å². The van der Waals surface area contributed by atoms with Crippen LogP contribution in [-0.4, -0.2) is 23.8 Å². The second-order valence-electron chi connectivity index (χ2n) is 8.31. The number of nitrogens with zero attached hydrogens (tertiary/aromatic N) is 1. The van der Waals surface area contributed by atoms with Crippen LogP contribution >= 0.6 is 0 Å². The minimum Gasteiger partial charge on any atom is -0.466 e. The quantitative estimate of drug-likeness (QED) is 0.279. The van der Waals surface area contributed by atoms with Crippen molar-refractivity contribution in [3.8, 4) is 22.5 Å². The molecule has 7 heteroatoms. The van der Waals surface area contributed by atoms with Crippen LogP contribution in [-0.2, 0) is 20.7 Å². The van der Waals surface area contributed by atoms with Gasteiger partial charge in [-0.3, -0.25) is 10.1 Å². The summed E-state index contributed by atoms with van der Waals surface area (Å²) in [6.07, 6.45) is -0.770. The first-order valence-corrected chi connectivity index (χ1v) is 11.8. The molecule has 4 rings (SSSR count). The summed E-state index contributed by atoms with van der Waals surface area (Å²) in [7, 11) is 0. The Kier molecular flexibility index (Phi) is 7.80. The number of ether oxygens (including phenoxy) is 2. The van der Waals surface area contributed by atoms with Crippen molar-refractivity contribution in [3.63, 3.8) is 0 Å². The molecular formula is C29H28N2O5. The molecule has 36 heavy (non-hydrogen) atoms. The summed E-state index contributed by atoms with van der Waals surface area (Å²) >= 11 is 0. The lowest BCUT2D eigenvalue weighted by Gasteiger charge is -2.14. The lowest BCUT2D eigenvalue weighted by atomic mass is 10.00. The fourth-order valence-corrected chi connectivity index (χ4v) is 3.85. The molecule has 0 aliphatic carbocycles. The molecule has 184 valence electrons. The van der Waals surface area contributed by atoms with Crippen molar-refractivity contribution in [1.29, 1.82) is 0 Å². The lowest BCUT2D eigenvalue weighted by molar-refractivity contribution is -0.142. The van der Waals surface area contributed by atoms with Crippen molar-refractivity contribution in [2.75, 3.05) is 11.9 Å². The fourth-order valence-electron chi connectivity index (χ4n) is 3.85. The number of anilines is 1. The molecule has 0 radical (unpaired) electrons. The number of hydrogen-bond acceptors (Lipinski definition) is 6. The Morgan fingerprint density at radius 3 is 2.39 bits per heavy atom.